The smallest absolute Gasteiger partial charge is 0.256 e. The van der Waals surface area contributed by atoms with Gasteiger partial charge < -0.3 is 5.32 Å². The van der Waals surface area contributed by atoms with Crippen LogP contribution in [-0.4, -0.2) is 15.7 Å². The number of aromatic nitrogens is 2. The van der Waals surface area contributed by atoms with Crippen LogP contribution >= 0.6 is 11.6 Å². The van der Waals surface area contributed by atoms with E-state index in [-0.39, 0.29) is 11.7 Å². The summed E-state index contributed by atoms with van der Waals surface area (Å²) in [6.45, 7) is 0.549. The van der Waals surface area contributed by atoms with E-state index < -0.39 is 0 Å². The number of amides is 1. The number of rotatable bonds is 4. The van der Waals surface area contributed by atoms with Crippen molar-refractivity contribution in [1.29, 1.82) is 0 Å². The molecule has 0 bridgehead atoms. The van der Waals surface area contributed by atoms with Crippen molar-refractivity contribution in [2.24, 2.45) is 0 Å². The lowest BCUT2D eigenvalue weighted by molar-refractivity contribution is 0.102. The molecule has 0 spiro atoms. The molecule has 0 saturated carbocycles. The Kier molecular flexibility index (Phi) is 4.39. The first-order valence-electron chi connectivity index (χ1n) is 6.95. The number of nitrogens with one attached hydrogen (secondary N) is 1. The highest BCUT2D eigenvalue weighted by molar-refractivity contribution is 6.30. The highest BCUT2D eigenvalue weighted by atomic mass is 35.5. The third kappa shape index (κ3) is 3.96. The molecule has 0 fully saturated rings. The van der Waals surface area contributed by atoms with Gasteiger partial charge in [-0.25, -0.2) is 4.39 Å². The molecule has 23 heavy (non-hydrogen) atoms. The van der Waals surface area contributed by atoms with Gasteiger partial charge in [-0.05, 0) is 42.0 Å². The first-order valence-corrected chi connectivity index (χ1v) is 7.33. The van der Waals surface area contributed by atoms with Crippen molar-refractivity contribution < 1.29 is 9.18 Å². The Balaban J connectivity index is 1.67. The Morgan fingerprint density at radius 3 is 2.70 bits per heavy atom. The van der Waals surface area contributed by atoms with Crippen molar-refractivity contribution in [3.63, 3.8) is 0 Å². The molecule has 3 rings (SSSR count). The number of hydrogen-bond acceptors (Lipinski definition) is 2. The molecule has 1 aromatic heterocycles. The van der Waals surface area contributed by atoms with Gasteiger partial charge in [0.25, 0.3) is 5.91 Å². The highest BCUT2D eigenvalue weighted by Gasteiger charge is 2.08. The lowest BCUT2D eigenvalue weighted by atomic mass is 10.2. The quantitative estimate of drug-likeness (QED) is 0.787. The summed E-state index contributed by atoms with van der Waals surface area (Å²) in [5, 5.41) is 7.63. The van der Waals surface area contributed by atoms with E-state index in [4.69, 9.17) is 11.6 Å². The maximum absolute atomic E-state index is 12.9. The molecule has 1 N–H and O–H groups in total. The summed E-state index contributed by atoms with van der Waals surface area (Å²) in [7, 11) is 0. The number of benzene rings is 2. The van der Waals surface area contributed by atoms with Crippen molar-refractivity contribution in [3.05, 3.63) is 82.8 Å². The van der Waals surface area contributed by atoms with Crippen LogP contribution in [0.2, 0.25) is 5.02 Å². The molecule has 3 aromatic rings. The zero-order valence-corrected chi connectivity index (χ0v) is 12.8. The summed E-state index contributed by atoms with van der Waals surface area (Å²) in [4.78, 5) is 12.0. The second kappa shape index (κ2) is 6.62. The van der Waals surface area contributed by atoms with Crippen LogP contribution in [0.3, 0.4) is 0 Å². The van der Waals surface area contributed by atoms with Crippen molar-refractivity contribution in [1.82, 2.24) is 9.78 Å². The van der Waals surface area contributed by atoms with Gasteiger partial charge in [0.15, 0.2) is 5.82 Å². The molecule has 0 aliphatic carbocycles. The second-order valence-electron chi connectivity index (χ2n) is 4.99. The largest absolute Gasteiger partial charge is 0.305 e. The third-order valence-electron chi connectivity index (χ3n) is 3.22. The molecule has 0 saturated heterocycles. The molecule has 0 atom stereocenters. The zero-order chi connectivity index (χ0) is 16.2. The Morgan fingerprint density at radius 2 is 1.96 bits per heavy atom. The summed E-state index contributed by atoms with van der Waals surface area (Å²) < 4.78 is 14.6. The molecule has 4 nitrogen and oxygen atoms in total. The first-order chi connectivity index (χ1) is 11.1. The van der Waals surface area contributed by atoms with Gasteiger partial charge in [-0.2, -0.15) is 5.10 Å². The summed E-state index contributed by atoms with van der Waals surface area (Å²) in [5.41, 5.74) is 1.38. The van der Waals surface area contributed by atoms with Crippen LogP contribution in [0.15, 0.2) is 60.8 Å². The van der Waals surface area contributed by atoms with E-state index >= 15 is 0 Å². The minimum absolute atomic E-state index is 0.335. The number of nitrogens with zero attached hydrogens (tertiary/aromatic N) is 2. The van der Waals surface area contributed by atoms with Gasteiger partial charge in [-0.1, -0.05) is 23.7 Å². The van der Waals surface area contributed by atoms with Crippen molar-refractivity contribution in [3.8, 4) is 0 Å². The molecule has 1 heterocycles. The Hall–Kier alpha value is -2.66. The van der Waals surface area contributed by atoms with E-state index in [9.17, 15) is 9.18 Å². The van der Waals surface area contributed by atoms with Gasteiger partial charge in [0.05, 0.1) is 6.54 Å². The molecule has 0 aliphatic heterocycles. The van der Waals surface area contributed by atoms with E-state index in [1.165, 1.54) is 24.3 Å². The van der Waals surface area contributed by atoms with E-state index in [1.54, 1.807) is 16.9 Å². The average molecular weight is 330 g/mol. The lowest BCUT2D eigenvalue weighted by Crippen LogP contribution is -2.12. The Bertz CT molecular complexity index is 830. The highest BCUT2D eigenvalue weighted by Crippen LogP contribution is 2.13. The predicted molar refractivity (Wildman–Crippen MR) is 87.1 cm³/mol. The summed E-state index contributed by atoms with van der Waals surface area (Å²) >= 11 is 5.95. The Morgan fingerprint density at radius 1 is 1.17 bits per heavy atom. The van der Waals surface area contributed by atoms with E-state index in [2.05, 4.69) is 10.4 Å². The molecule has 1 amide bonds. The molecule has 0 unspecified atom stereocenters. The van der Waals surface area contributed by atoms with Crippen LogP contribution in [0, 0.1) is 5.82 Å². The average Bonchev–Trinajstić information content (AvgIpc) is 2.95. The van der Waals surface area contributed by atoms with E-state index in [0.717, 1.165) is 5.56 Å². The van der Waals surface area contributed by atoms with Crippen molar-refractivity contribution in [2.75, 3.05) is 5.32 Å². The van der Waals surface area contributed by atoms with Crippen LogP contribution in [0.25, 0.3) is 0 Å². The number of carbonyl (C=O) groups is 1. The van der Waals surface area contributed by atoms with E-state index in [1.807, 2.05) is 24.3 Å². The fourth-order valence-electron chi connectivity index (χ4n) is 2.13. The monoisotopic (exact) mass is 329 g/mol. The minimum Gasteiger partial charge on any atom is -0.305 e. The van der Waals surface area contributed by atoms with E-state index in [0.29, 0.717) is 22.9 Å². The van der Waals surface area contributed by atoms with Gasteiger partial charge in [0, 0.05) is 22.8 Å². The normalized spacial score (nSPS) is 10.5. The van der Waals surface area contributed by atoms with Crippen molar-refractivity contribution >= 4 is 23.3 Å². The Labute approximate surface area is 137 Å². The maximum atomic E-state index is 12.9. The van der Waals surface area contributed by atoms with Crippen LogP contribution < -0.4 is 5.32 Å². The van der Waals surface area contributed by atoms with Crippen LogP contribution in [0.5, 0.6) is 0 Å². The summed E-state index contributed by atoms with van der Waals surface area (Å²) in [5.74, 6) is -0.285. The molecule has 0 radical (unpaired) electrons. The van der Waals surface area contributed by atoms with Gasteiger partial charge in [0.2, 0.25) is 0 Å². The zero-order valence-electron chi connectivity index (χ0n) is 12.0. The number of carbonyl (C=O) groups excluding carboxylic acids is 1. The van der Waals surface area contributed by atoms with Crippen molar-refractivity contribution in [2.45, 2.75) is 6.54 Å². The van der Waals surface area contributed by atoms with Gasteiger partial charge in [0.1, 0.15) is 5.82 Å². The molecule has 2 aromatic carbocycles. The molecule has 0 aliphatic rings. The fourth-order valence-corrected chi connectivity index (χ4v) is 2.34. The SMILES string of the molecule is O=C(Nc1ccn(Cc2cccc(Cl)c2)n1)c1ccc(F)cc1. The van der Waals surface area contributed by atoms with Crippen LogP contribution in [0.4, 0.5) is 10.2 Å². The van der Waals surface area contributed by atoms with Gasteiger partial charge >= 0.3 is 0 Å². The summed E-state index contributed by atoms with van der Waals surface area (Å²) in [6, 6.07) is 14.5. The molecular formula is C17H13ClFN3O. The van der Waals surface area contributed by atoms with Gasteiger partial charge in [-0.3, -0.25) is 9.48 Å². The van der Waals surface area contributed by atoms with Gasteiger partial charge in [-0.15, -0.1) is 0 Å². The topological polar surface area (TPSA) is 46.9 Å². The number of hydrogen-bond donors (Lipinski definition) is 1. The molecule has 6 heteroatoms. The molecular weight excluding hydrogens is 317 g/mol. The number of anilines is 1. The predicted octanol–water partition coefficient (Wildman–Crippen LogP) is 3.98. The third-order valence-corrected chi connectivity index (χ3v) is 3.46. The minimum atomic E-state index is -0.382. The first kappa shape index (κ1) is 15.2. The second-order valence-corrected chi connectivity index (χ2v) is 5.43. The fraction of sp³-hybridized carbons (Fsp3) is 0.0588. The van der Waals surface area contributed by atoms with Crippen LogP contribution in [-0.2, 0) is 6.54 Å². The lowest BCUT2D eigenvalue weighted by Gasteiger charge is -2.03. The standard InChI is InChI=1S/C17H13ClFN3O/c18-14-3-1-2-12(10-14)11-22-9-8-16(21-22)20-17(23)13-4-6-15(19)7-5-13/h1-10H,11H2,(H,20,21,23). The summed E-state index contributed by atoms with van der Waals surface area (Å²) in [6.07, 6.45) is 1.77. The maximum Gasteiger partial charge on any atom is 0.256 e. The number of halogens is 2. The van der Waals surface area contributed by atoms with Crippen LogP contribution in [0.1, 0.15) is 15.9 Å². The molecule has 116 valence electrons.